The Balaban J connectivity index is 1.91. The highest BCUT2D eigenvalue weighted by molar-refractivity contribution is 5.61. The second kappa shape index (κ2) is 5.55. The second-order valence-electron chi connectivity index (χ2n) is 4.54. The Bertz CT molecular complexity index is 749. The number of rotatable bonds is 3. The molecule has 0 radical (unpaired) electrons. The van der Waals surface area contributed by atoms with Gasteiger partial charge in [0.2, 0.25) is 0 Å². The molecule has 22 heavy (non-hydrogen) atoms. The summed E-state index contributed by atoms with van der Waals surface area (Å²) in [7, 11) is 0. The van der Waals surface area contributed by atoms with Gasteiger partial charge >= 0.3 is 6.36 Å². The quantitative estimate of drug-likeness (QED) is 0.715. The smallest absolute Gasteiger partial charge is 0.406 e. The van der Waals surface area contributed by atoms with E-state index >= 15 is 0 Å². The van der Waals surface area contributed by atoms with Crippen molar-refractivity contribution < 1.29 is 17.9 Å². The maximum Gasteiger partial charge on any atom is 0.573 e. The van der Waals surface area contributed by atoms with Crippen molar-refractivity contribution in [3.05, 3.63) is 66.9 Å². The normalized spacial score (nSPS) is 11.4. The van der Waals surface area contributed by atoms with E-state index in [0.29, 0.717) is 5.69 Å². The van der Waals surface area contributed by atoms with E-state index < -0.39 is 6.36 Å². The van der Waals surface area contributed by atoms with Gasteiger partial charge in [0.1, 0.15) is 5.75 Å². The van der Waals surface area contributed by atoms with Gasteiger partial charge in [0.25, 0.3) is 0 Å². The molecule has 112 valence electrons. The van der Waals surface area contributed by atoms with Crippen LogP contribution >= 0.6 is 0 Å². The van der Waals surface area contributed by atoms with Crippen LogP contribution in [0.2, 0.25) is 0 Å². The number of hydrogen-bond acceptors (Lipinski definition) is 2. The van der Waals surface area contributed by atoms with Crippen LogP contribution < -0.4 is 4.74 Å². The summed E-state index contributed by atoms with van der Waals surface area (Å²) in [6, 6.07) is 17.0. The van der Waals surface area contributed by atoms with E-state index in [4.69, 9.17) is 0 Å². The summed E-state index contributed by atoms with van der Waals surface area (Å²) in [4.78, 5) is 0. The molecule has 0 saturated heterocycles. The van der Waals surface area contributed by atoms with Crippen LogP contribution in [-0.2, 0) is 0 Å². The summed E-state index contributed by atoms with van der Waals surface area (Å²) in [5.41, 5.74) is 2.47. The first kappa shape index (κ1) is 14.2. The van der Waals surface area contributed by atoms with Gasteiger partial charge in [-0.15, -0.1) is 13.2 Å². The molecular weight excluding hydrogens is 293 g/mol. The van der Waals surface area contributed by atoms with Crippen molar-refractivity contribution in [3.8, 4) is 22.7 Å². The van der Waals surface area contributed by atoms with Gasteiger partial charge in [-0.1, -0.05) is 30.3 Å². The van der Waals surface area contributed by atoms with Gasteiger partial charge in [-0.25, -0.2) is 4.68 Å². The zero-order valence-electron chi connectivity index (χ0n) is 11.3. The lowest BCUT2D eigenvalue weighted by atomic mass is 10.1. The Morgan fingerprint density at radius 3 is 2.18 bits per heavy atom. The monoisotopic (exact) mass is 304 g/mol. The fourth-order valence-electron chi connectivity index (χ4n) is 2.13. The Kier molecular flexibility index (Phi) is 3.58. The van der Waals surface area contributed by atoms with Crippen molar-refractivity contribution in [1.82, 2.24) is 9.78 Å². The highest BCUT2D eigenvalue weighted by atomic mass is 19.4. The largest absolute Gasteiger partial charge is 0.573 e. The molecule has 1 heterocycles. The van der Waals surface area contributed by atoms with Crippen LogP contribution in [0.3, 0.4) is 0 Å². The van der Waals surface area contributed by atoms with Crippen molar-refractivity contribution in [2.45, 2.75) is 6.36 Å². The van der Waals surface area contributed by atoms with Crippen molar-refractivity contribution in [2.24, 2.45) is 0 Å². The third kappa shape index (κ3) is 3.11. The van der Waals surface area contributed by atoms with E-state index in [9.17, 15) is 13.2 Å². The summed E-state index contributed by atoms with van der Waals surface area (Å²) in [5, 5.41) is 4.22. The van der Waals surface area contributed by atoms with Crippen molar-refractivity contribution in [2.75, 3.05) is 0 Å². The summed E-state index contributed by atoms with van der Waals surface area (Å²) >= 11 is 0. The van der Waals surface area contributed by atoms with Gasteiger partial charge in [-0.3, -0.25) is 0 Å². The van der Waals surface area contributed by atoms with Crippen molar-refractivity contribution in [3.63, 3.8) is 0 Å². The number of ether oxygens (including phenoxy) is 1. The van der Waals surface area contributed by atoms with Gasteiger partial charge in [0.15, 0.2) is 0 Å². The molecule has 0 spiro atoms. The molecule has 0 bridgehead atoms. The van der Waals surface area contributed by atoms with Crippen LogP contribution in [0.25, 0.3) is 16.9 Å². The van der Waals surface area contributed by atoms with Crippen LogP contribution in [0, 0.1) is 0 Å². The first-order valence-electron chi connectivity index (χ1n) is 6.48. The molecule has 0 aliphatic carbocycles. The highest BCUT2D eigenvalue weighted by Crippen LogP contribution is 2.26. The molecular formula is C16H11F3N2O. The van der Waals surface area contributed by atoms with Gasteiger partial charge in [0.05, 0.1) is 17.6 Å². The average Bonchev–Trinajstić information content (AvgIpc) is 2.97. The highest BCUT2D eigenvalue weighted by Gasteiger charge is 2.31. The number of hydrogen-bond donors (Lipinski definition) is 0. The van der Waals surface area contributed by atoms with Crippen LogP contribution in [-0.4, -0.2) is 16.1 Å². The van der Waals surface area contributed by atoms with Gasteiger partial charge in [0, 0.05) is 5.56 Å². The SMILES string of the molecule is FC(F)(F)Oc1ccc(-n2nccc2-c2ccccc2)cc1. The van der Waals surface area contributed by atoms with Gasteiger partial charge in [-0.05, 0) is 30.3 Å². The molecule has 0 fully saturated rings. The lowest BCUT2D eigenvalue weighted by molar-refractivity contribution is -0.274. The zero-order chi connectivity index (χ0) is 15.6. The van der Waals surface area contributed by atoms with Gasteiger partial charge < -0.3 is 4.74 Å². The minimum absolute atomic E-state index is 0.260. The third-order valence-electron chi connectivity index (χ3n) is 3.03. The third-order valence-corrected chi connectivity index (χ3v) is 3.03. The number of aromatic nitrogens is 2. The maximum atomic E-state index is 12.2. The van der Waals surface area contributed by atoms with Crippen molar-refractivity contribution in [1.29, 1.82) is 0 Å². The Morgan fingerprint density at radius 1 is 0.864 bits per heavy atom. The Hall–Kier alpha value is -2.76. The number of nitrogens with zero attached hydrogens (tertiary/aromatic N) is 2. The number of alkyl halides is 3. The molecule has 3 rings (SSSR count). The van der Waals surface area contributed by atoms with Crippen LogP contribution in [0.1, 0.15) is 0 Å². The molecule has 0 aliphatic heterocycles. The minimum Gasteiger partial charge on any atom is -0.406 e. The predicted molar refractivity (Wildman–Crippen MR) is 75.7 cm³/mol. The van der Waals surface area contributed by atoms with E-state index in [0.717, 1.165) is 11.3 Å². The second-order valence-corrected chi connectivity index (χ2v) is 4.54. The fraction of sp³-hybridized carbons (Fsp3) is 0.0625. The first-order valence-corrected chi connectivity index (χ1v) is 6.48. The van der Waals surface area contributed by atoms with E-state index in [1.165, 1.54) is 24.3 Å². The Morgan fingerprint density at radius 2 is 1.55 bits per heavy atom. The predicted octanol–water partition coefficient (Wildman–Crippen LogP) is 4.44. The molecule has 0 N–H and O–H groups in total. The molecule has 3 aromatic rings. The first-order chi connectivity index (χ1) is 10.5. The zero-order valence-corrected chi connectivity index (χ0v) is 11.3. The molecule has 0 atom stereocenters. The molecule has 1 aromatic heterocycles. The fourth-order valence-corrected chi connectivity index (χ4v) is 2.13. The van der Waals surface area contributed by atoms with E-state index in [2.05, 4.69) is 9.84 Å². The number of benzene rings is 2. The Labute approximate surface area is 124 Å². The van der Waals surface area contributed by atoms with E-state index in [1.54, 1.807) is 10.9 Å². The van der Waals surface area contributed by atoms with Crippen LogP contribution in [0.4, 0.5) is 13.2 Å². The summed E-state index contributed by atoms with van der Waals surface area (Å²) in [6.07, 6.45) is -3.05. The standard InChI is InChI=1S/C16H11F3N2O/c17-16(18,19)22-14-8-6-13(7-9-14)21-15(10-11-20-21)12-4-2-1-3-5-12/h1-11H. The lowest BCUT2D eigenvalue weighted by Crippen LogP contribution is -2.17. The summed E-state index contributed by atoms with van der Waals surface area (Å²) in [5.74, 6) is -0.260. The minimum atomic E-state index is -4.69. The maximum absolute atomic E-state index is 12.2. The summed E-state index contributed by atoms with van der Waals surface area (Å²) < 4.78 is 42.0. The van der Waals surface area contributed by atoms with Gasteiger partial charge in [-0.2, -0.15) is 5.10 Å². The molecule has 0 unspecified atom stereocenters. The molecule has 3 nitrogen and oxygen atoms in total. The van der Waals surface area contributed by atoms with E-state index in [1.807, 2.05) is 36.4 Å². The van der Waals surface area contributed by atoms with E-state index in [-0.39, 0.29) is 5.75 Å². The van der Waals surface area contributed by atoms with Crippen molar-refractivity contribution >= 4 is 0 Å². The molecule has 0 aliphatic rings. The number of halogens is 3. The summed E-state index contributed by atoms with van der Waals surface area (Å²) in [6.45, 7) is 0. The average molecular weight is 304 g/mol. The molecule has 2 aromatic carbocycles. The molecule has 6 heteroatoms. The van der Waals surface area contributed by atoms with Crippen LogP contribution in [0.5, 0.6) is 5.75 Å². The molecule has 0 saturated carbocycles. The topological polar surface area (TPSA) is 27.1 Å². The molecule has 0 amide bonds. The van der Waals surface area contributed by atoms with Crippen LogP contribution in [0.15, 0.2) is 66.9 Å². The lowest BCUT2D eigenvalue weighted by Gasteiger charge is -2.11.